The zero-order valence-corrected chi connectivity index (χ0v) is 11.3. The number of benzene rings is 1. The van der Waals surface area contributed by atoms with Crippen LogP contribution in [0, 0.1) is 17.0 Å². The number of nitro benzene ring substituents is 1. The summed E-state index contributed by atoms with van der Waals surface area (Å²) in [5.41, 5.74) is 3.14. The standard InChI is InChI=1S/C14H10ClN3O2/c1-9-14(10-3-2-4-12(7-10)18(19)20)16-13-6-5-11(15)8-17(9)13/h2-8H,1H3. The number of aryl methyl sites for hydroxylation is 1. The van der Waals surface area contributed by atoms with Crippen molar-refractivity contribution in [2.24, 2.45) is 0 Å². The summed E-state index contributed by atoms with van der Waals surface area (Å²) in [7, 11) is 0. The van der Waals surface area contributed by atoms with E-state index in [9.17, 15) is 10.1 Å². The highest BCUT2D eigenvalue weighted by atomic mass is 35.5. The molecule has 6 heteroatoms. The van der Waals surface area contributed by atoms with E-state index in [0.717, 1.165) is 22.6 Å². The van der Waals surface area contributed by atoms with Crippen LogP contribution in [0.5, 0.6) is 0 Å². The minimum atomic E-state index is -0.411. The first-order valence-corrected chi connectivity index (χ1v) is 6.33. The van der Waals surface area contributed by atoms with E-state index in [4.69, 9.17) is 11.6 Å². The number of halogens is 1. The Balaban J connectivity index is 2.22. The molecule has 100 valence electrons. The van der Waals surface area contributed by atoms with Crippen LogP contribution in [-0.2, 0) is 0 Å². The number of nitrogens with zero attached hydrogens (tertiary/aromatic N) is 3. The van der Waals surface area contributed by atoms with Gasteiger partial charge in [0.15, 0.2) is 0 Å². The largest absolute Gasteiger partial charge is 0.302 e. The molecule has 0 aliphatic rings. The molecule has 0 saturated heterocycles. The molecule has 0 radical (unpaired) electrons. The van der Waals surface area contributed by atoms with Crippen molar-refractivity contribution in [1.82, 2.24) is 9.38 Å². The zero-order chi connectivity index (χ0) is 14.3. The fourth-order valence-corrected chi connectivity index (χ4v) is 2.34. The first kappa shape index (κ1) is 12.6. The lowest BCUT2D eigenvalue weighted by Crippen LogP contribution is -1.90. The van der Waals surface area contributed by atoms with Gasteiger partial charge in [-0.1, -0.05) is 23.7 Å². The van der Waals surface area contributed by atoms with E-state index in [0.29, 0.717) is 5.02 Å². The predicted molar refractivity (Wildman–Crippen MR) is 77.0 cm³/mol. The van der Waals surface area contributed by atoms with E-state index in [2.05, 4.69) is 4.98 Å². The molecule has 3 aromatic rings. The van der Waals surface area contributed by atoms with Gasteiger partial charge >= 0.3 is 0 Å². The Morgan fingerprint density at radius 1 is 1.30 bits per heavy atom. The van der Waals surface area contributed by atoms with E-state index in [1.54, 1.807) is 18.3 Å². The Labute approximate surface area is 119 Å². The highest BCUT2D eigenvalue weighted by Gasteiger charge is 2.13. The zero-order valence-electron chi connectivity index (χ0n) is 10.6. The normalized spacial score (nSPS) is 10.9. The first-order chi connectivity index (χ1) is 9.56. The van der Waals surface area contributed by atoms with Gasteiger partial charge in [-0.05, 0) is 19.1 Å². The number of non-ortho nitro benzene ring substituents is 1. The number of pyridine rings is 1. The van der Waals surface area contributed by atoms with Crippen LogP contribution in [0.15, 0.2) is 42.6 Å². The van der Waals surface area contributed by atoms with Crippen molar-refractivity contribution in [3.63, 3.8) is 0 Å². The molecule has 0 bridgehead atoms. The Bertz CT molecular complexity index is 826. The maximum atomic E-state index is 10.8. The van der Waals surface area contributed by atoms with Crippen LogP contribution in [0.1, 0.15) is 5.69 Å². The average molecular weight is 288 g/mol. The maximum absolute atomic E-state index is 10.8. The Kier molecular flexibility index (Phi) is 2.91. The quantitative estimate of drug-likeness (QED) is 0.531. The lowest BCUT2D eigenvalue weighted by Gasteiger charge is -2.00. The molecule has 0 unspecified atom stereocenters. The number of rotatable bonds is 2. The van der Waals surface area contributed by atoms with Gasteiger partial charge in [-0.25, -0.2) is 4.98 Å². The molecule has 0 amide bonds. The molecule has 3 rings (SSSR count). The third kappa shape index (κ3) is 2.02. The van der Waals surface area contributed by atoms with Crippen LogP contribution >= 0.6 is 11.6 Å². The second-order valence-electron chi connectivity index (χ2n) is 4.43. The minimum Gasteiger partial charge on any atom is -0.302 e. The van der Waals surface area contributed by atoms with Gasteiger partial charge in [0.05, 0.1) is 15.6 Å². The predicted octanol–water partition coefficient (Wildman–Crippen LogP) is 3.87. The molecule has 2 heterocycles. The summed E-state index contributed by atoms with van der Waals surface area (Å²) in [6.45, 7) is 1.91. The van der Waals surface area contributed by atoms with E-state index >= 15 is 0 Å². The van der Waals surface area contributed by atoms with Crippen LogP contribution in [0.4, 0.5) is 5.69 Å². The molecule has 1 aromatic carbocycles. The molecule has 0 N–H and O–H groups in total. The highest BCUT2D eigenvalue weighted by Crippen LogP contribution is 2.27. The number of nitro groups is 1. The van der Waals surface area contributed by atoms with Gasteiger partial charge in [-0.2, -0.15) is 0 Å². The molecule has 0 aliphatic heterocycles. The maximum Gasteiger partial charge on any atom is 0.270 e. The molecule has 20 heavy (non-hydrogen) atoms. The van der Waals surface area contributed by atoms with Crippen LogP contribution in [0.25, 0.3) is 16.9 Å². The first-order valence-electron chi connectivity index (χ1n) is 5.95. The second-order valence-corrected chi connectivity index (χ2v) is 4.87. The number of fused-ring (bicyclic) bond motifs is 1. The lowest BCUT2D eigenvalue weighted by molar-refractivity contribution is -0.384. The third-order valence-electron chi connectivity index (χ3n) is 3.15. The lowest BCUT2D eigenvalue weighted by atomic mass is 10.1. The molecule has 0 spiro atoms. The third-order valence-corrected chi connectivity index (χ3v) is 3.38. The van der Waals surface area contributed by atoms with Crippen LogP contribution in [0.2, 0.25) is 5.02 Å². The van der Waals surface area contributed by atoms with E-state index in [1.165, 1.54) is 12.1 Å². The van der Waals surface area contributed by atoms with Gasteiger partial charge < -0.3 is 4.40 Å². The van der Waals surface area contributed by atoms with Crippen LogP contribution in [-0.4, -0.2) is 14.3 Å². The second kappa shape index (κ2) is 4.61. The Morgan fingerprint density at radius 3 is 2.85 bits per heavy atom. The number of hydrogen-bond donors (Lipinski definition) is 0. The molecule has 0 aliphatic carbocycles. The highest BCUT2D eigenvalue weighted by molar-refractivity contribution is 6.30. The molecule has 5 nitrogen and oxygen atoms in total. The fraction of sp³-hybridized carbons (Fsp3) is 0.0714. The van der Waals surface area contributed by atoms with Crippen molar-refractivity contribution >= 4 is 22.9 Å². The minimum absolute atomic E-state index is 0.0528. The van der Waals surface area contributed by atoms with E-state index < -0.39 is 4.92 Å². The average Bonchev–Trinajstić information content (AvgIpc) is 2.76. The van der Waals surface area contributed by atoms with Gasteiger partial charge in [-0.15, -0.1) is 0 Å². The summed E-state index contributed by atoms with van der Waals surface area (Å²) in [4.78, 5) is 14.9. The number of imidazole rings is 1. The summed E-state index contributed by atoms with van der Waals surface area (Å²) >= 11 is 5.97. The molecule has 0 atom stereocenters. The Hall–Kier alpha value is -2.40. The fourth-order valence-electron chi connectivity index (χ4n) is 2.18. The molecule has 2 aromatic heterocycles. The van der Waals surface area contributed by atoms with Gasteiger partial charge in [0.2, 0.25) is 0 Å². The van der Waals surface area contributed by atoms with Gasteiger partial charge in [0.25, 0.3) is 5.69 Å². The summed E-state index contributed by atoms with van der Waals surface area (Å²) in [5, 5.41) is 11.5. The smallest absolute Gasteiger partial charge is 0.270 e. The summed E-state index contributed by atoms with van der Waals surface area (Å²) < 4.78 is 1.87. The number of hydrogen-bond acceptors (Lipinski definition) is 3. The van der Waals surface area contributed by atoms with Crippen LogP contribution in [0.3, 0.4) is 0 Å². The van der Waals surface area contributed by atoms with Gasteiger partial charge in [0.1, 0.15) is 5.65 Å². The van der Waals surface area contributed by atoms with Gasteiger partial charge in [-0.3, -0.25) is 10.1 Å². The Morgan fingerprint density at radius 2 is 2.10 bits per heavy atom. The van der Waals surface area contributed by atoms with E-state index in [-0.39, 0.29) is 5.69 Å². The van der Waals surface area contributed by atoms with Gasteiger partial charge in [0, 0.05) is 29.6 Å². The van der Waals surface area contributed by atoms with Crippen molar-refractivity contribution in [3.8, 4) is 11.3 Å². The number of aromatic nitrogens is 2. The van der Waals surface area contributed by atoms with Crippen molar-refractivity contribution in [2.75, 3.05) is 0 Å². The van der Waals surface area contributed by atoms with Crippen molar-refractivity contribution < 1.29 is 4.92 Å². The molecular weight excluding hydrogens is 278 g/mol. The van der Waals surface area contributed by atoms with E-state index in [1.807, 2.05) is 23.5 Å². The summed E-state index contributed by atoms with van der Waals surface area (Å²) in [6.07, 6.45) is 1.78. The van der Waals surface area contributed by atoms with Crippen molar-refractivity contribution in [2.45, 2.75) is 6.92 Å². The monoisotopic (exact) mass is 287 g/mol. The van der Waals surface area contributed by atoms with Crippen molar-refractivity contribution in [3.05, 3.63) is 63.4 Å². The topological polar surface area (TPSA) is 60.4 Å². The SMILES string of the molecule is Cc1c(-c2cccc([N+](=O)[O-])c2)nc2ccc(Cl)cn12. The van der Waals surface area contributed by atoms with Crippen molar-refractivity contribution in [1.29, 1.82) is 0 Å². The summed E-state index contributed by atoms with van der Waals surface area (Å²) in [5.74, 6) is 0. The molecule has 0 fully saturated rings. The molecular formula is C14H10ClN3O2. The molecule has 0 saturated carbocycles. The summed E-state index contributed by atoms with van der Waals surface area (Å²) in [6, 6.07) is 10.0. The van der Waals surface area contributed by atoms with Crippen LogP contribution < -0.4 is 0 Å².